The zero-order valence-corrected chi connectivity index (χ0v) is 16.2. The summed E-state index contributed by atoms with van der Waals surface area (Å²) in [6.45, 7) is 1.02. The summed E-state index contributed by atoms with van der Waals surface area (Å²) >= 11 is 0. The Bertz CT molecular complexity index is 868. The normalized spacial score (nSPS) is 18.8. The van der Waals surface area contributed by atoms with Gasteiger partial charge in [-0.25, -0.2) is 0 Å². The summed E-state index contributed by atoms with van der Waals surface area (Å²) in [5.41, 5.74) is 2.70. The average molecular weight is 375 g/mol. The van der Waals surface area contributed by atoms with E-state index in [1.807, 2.05) is 42.5 Å². The molecule has 26 heavy (non-hydrogen) atoms. The van der Waals surface area contributed by atoms with Crippen molar-refractivity contribution in [3.05, 3.63) is 48.2 Å². The molecule has 0 N–H and O–H groups in total. The first-order valence-corrected chi connectivity index (χ1v) is 10.1. The molecule has 0 spiro atoms. The SMILES string of the molecule is COc1ccccc1-c1cccc([C@@H]2CCCN(S(=O)(=O)N(C)C)C2)n1. The Kier molecular flexibility index (Phi) is 5.60. The number of rotatable bonds is 5. The third-order valence-electron chi connectivity index (χ3n) is 4.74. The van der Waals surface area contributed by atoms with Crippen molar-refractivity contribution in [1.29, 1.82) is 0 Å². The smallest absolute Gasteiger partial charge is 0.281 e. The van der Waals surface area contributed by atoms with Crippen molar-refractivity contribution in [3.8, 4) is 17.0 Å². The minimum atomic E-state index is -3.39. The molecule has 0 amide bonds. The van der Waals surface area contributed by atoms with E-state index in [-0.39, 0.29) is 5.92 Å². The molecule has 1 atom stereocenters. The molecule has 1 saturated heterocycles. The highest BCUT2D eigenvalue weighted by atomic mass is 32.2. The van der Waals surface area contributed by atoms with Gasteiger partial charge in [0.15, 0.2) is 0 Å². The Morgan fingerprint density at radius 2 is 1.92 bits per heavy atom. The summed E-state index contributed by atoms with van der Waals surface area (Å²) in [6, 6.07) is 13.7. The zero-order valence-electron chi connectivity index (χ0n) is 15.4. The fraction of sp³-hybridized carbons (Fsp3) is 0.421. The van der Waals surface area contributed by atoms with Crippen molar-refractivity contribution >= 4 is 10.2 Å². The molecule has 3 rings (SSSR count). The number of para-hydroxylation sites is 1. The molecular weight excluding hydrogens is 350 g/mol. The molecule has 0 bridgehead atoms. The van der Waals surface area contributed by atoms with Crippen LogP contribution in [0.25, 0.3) is 11.3 Å². The molecule has 2 heterocycles. The van der Waals surface area contributed by atoms with Gasteiger partial charge in [-0.3, -0.25) is 4.98 Å². The van der Waals surface area contributed by atoms with E-state index in [1.54, 1.807) is 25.5 Å². The lowest BCUT2D eigenvalue weighted by atomic mass is 9.95. The molecule has 6 nitrogen and oxygen atoms in total. The summed E-state index contributed by atoms with van der Waals surface area (Å²) < 4.78 is 33.2. The Labute approximate surface area is 155 Å². The van der Waals surface area contributed by atoms with Gasteiger partial charge in [0.25, 0.3) is 10.2 Å². The maximum absolute atomic E-state index is 12.4. The molecule has 1 fully saturated rings. The van der Waals surface area contributed by atoms with E-state index in [1.165, 1.54) is 4.31 Å². The maximum Gasteiger partial charge on any atom is 0.281 e. The number of benzene rings is 1. The second-order valence-corrected chi connectivity index (χ2v) is 8.78. The van der Waals surface area contributed by atoms with Gasteiger partial charge in [-0.15, -0.1) is 0 Å². The van der Waals surface area contributed by atoms with Crippen molar-refractivity contribution in [1.82, 2.24) is 13.6 Å². The van der Waals surface area contributed by atoms with Crippen LogP contribution < -0.4 is 4.74 Å². The number of methoxy groups -OCH3 is 1. The van der Waals surface area contributed by atoms with Gasteiger partial charge in [0.1, 0.15) is 5.75 Å². The monoisotopic (exact) mass is 375 g/mol. The summed E-state index contributed by atoms with van der Waals surface area (Å²) in [6.07, 6.45) is 1.76. The van der Waals surface area contributed by atoms with Crippen LogP contribution in [0.1, 0.15) is 24.5 Å². The van der Waals surface area contributed by atoms with Crippen LogP contribution in [-0.2, 0) is 10.2 Å². The van der Waals surface area contributed by atoms with Gasteiger partial charge >= 0.3 is 0 Å². The molecule has 0 saturated carbocycles. The first-order valence-electron chi connectivity index (χ1n) is 8.71. The highest BCUT2D eigenvalue weighted by Gasteiger charge is 2.31. The molecule has 1 aromatic carbocycles. The molecule has 140 valence electrons. The lowest BCUT2D eigenvalue weighted by Gasteiger charge is -2.33. The summed E-state index contributed by atoms with van der Waals surface area (Å²) in [5, 5.41) is 0. The standard InChI is InChI=1S/C19H25N3O3S/c1-21(2)26(23,24)22-13-7-8-15(14-22)17-10-6-11-18(20-17)16-9-4-5-12-19(16)25-3/h4-6,9-12,15H,7-8,13-14H2,1-3H3/t15-/m1/s1. The number of nitrogens with zero attached hydrogens (tertiary/aromatic N) is 3. The lowest BCUT2D eigenvalue weighted by Crippen LogP contribution is -2.45. The summed E-state index contributed by atoms with van der Waals surface area (Å²) in [4.78, 5) is 4.82. The van der Waals surface area contributed by atoms with E-state index in [9.17, 15) is 8.42 Å². The molecule has 1 aliphatic rings. The van der Waals surface area contributed by atoms with E-state index in [0.717, 1.165) is 35.5 Å². The molecule has 1 aromatic heterocycles. The predicted octanol–water partition coefficient (Wildman–Crippen LogP) is 2.74. The fourth-order valence-corrected chi connectivity index (χ4v) is 4.50. The lowest BCUT2D eigenvalue weighted by molar-refractivity contribution is 0.296. The zero-order chi connectivity index (χ0) is 18.7. The first kappa shape index (κ1) is 18.8. The Balaban J connectivity index is 1.88. The van der Waals surface area contributed by atoms with E-state index in [4.69, 9.17) is 9.72 Å². The Hall–Kier alpha value is -1.96. The molecule has 7 heteroatoms. The van der Waals surface area contributed by atoms with E-state index in [2.05, 4.69) is 0 Å². The van der Waals surface area contributed by atoms with Gasteiger partial charge < -0.3 is 4.74 Å². The van der Waals surface area contributed by atoms with Crippen LogP contribution in [0.5, 0.6) is 5.75 Å². The van der Waals surface area contributed by atoms with Crippen LogP contribution >= 0.6 is 0 Å². The molecule has 0 unspecified atom stereocenters. The largest absolute Gasteiger partial charge is 0.496 e. The minimum absolute atomic E-state index is 0.0909. The minimum Gasteiger partial charge on any atom is -0.496 e. The fourth-order valence-electron chi connectivity index (χ4n) is 3.31. The highest BCUT2D eigenvalue weighted by Crippen LogP contribution is 2.32. The second-order valence-electron chi connectivity index (χ2n) is 6.64. The van der Waals surface area contributed by atoms with Crippen LogP contribution in [-0.4, -0.2) is 56.3 Å². The second kappa shape index (κ2) is 7.73. The van der Waals surface area contributed by atoms with Crippen LogP contribution in [0.3, 0.4) is 0 Å². The number of ether oxygens (including phenoxy) is 1. The van der Waals surface area contributed by atoms with Gasteiger partial charge in [-0.2, -0.15) is 17.0 Å². The molecule has 0 aliphatic carbocycles. The number of hydrogen-bond donors (Lipinski definition) is 0. The number of pyridine rings is 1. The van der Waals surface area contributed by atoms with Crippen molar-refractivity contribution in [2.75, 3.05) is 34.3 Å². The van der Waals surface area contributed by atoms with Crippen LogP contribution in [0, 0.1) is 0 Å². The third kappa shape index (κ3) is 3.75. The van der Waals surface area contributed by atoms with Crippen molar-refractivity contribution in [2.45, 2.75) is 18.8 Å². The van der Waals surface area contributed by atoms with Crippen molar-refractivity contribution in [3.63, 3.8) is 0 Å². The van der Waals surface area contributed by atoms with Gasteiger partial charge in [0.05, 0.1) is 12.8 Å². The third-order valence-corrected chi connectivity index (χ3v) is 6.65. The maximum atomic E-state index is 12.4. The van der Waals surface area contributed by atoms with E-state index >= 15 is 0 Å². The Morgan fingerprint density at radius 3 is 2.65 bits per heavy atom. The quantitative estimate of drug-likeness (QED) is 0.806. The van der Waals surface area contributed by atoms with Gasteiger partial charge in [0, 0.05) is 44.4 Å². The Morgan fingerprint density at radius 1 is 1.15 bits per heavy atom. The first-order chi connectivity index (χ1) is 12.4. The number of aromatic nitrogens is 1. The van der Waals surface area contributed by atoms with Gasteiger partial charge in [-0.1, -0.05) is 18.2 Å². The van der Waals surface area contributed by atoms with Crippen LogP contribution in [0.2, 0.25) is 0 Å². The summed E-state index contributed by atoms with van der Waals surface area (Å²) in [7, 11) is 1.39. The van der Waals surface area contributed by atoms with Crippen LogP contribution in [0.15, 0.2) is 42.5 Å². The highest BCUT2D eigenvalue weighted by molar-refractivity contribution is 7.86. The van der Waals surface area contributed by atoms with Crippen molar-refractivity contribution < 1.29 is 13.2 Å². The van der Waals surface area contributed by atoms with E-state index < -0.39 is 10.2 Å². The van der Waals surface area contributed by atoms with Crippen molar-refractivity contribution in [2.24, 2.45) is 0 Å². The molecular formula is C19H25N3O3S. The van der Waals surface area contributed by atoms with E-state index in [0.29, 0.717) is 13.1 Å². The molecule has 1 aliphatic heterocycles. The number of piperidine rings is 1. The van der Waals surface area contributed by atoms with Gasteiger partial charge in [-0.05, 0) is 37.1 Å². The molecule has 0 radical (unpaired) electrons. The molecule has 2 aromatic rings. The summed E-state index contributed by atoms with van der Waals surface area (Å²) in [5.74, 6) is 0.866. The topological polar surface area (TPSA) is 62.7 Å². The number of hydrogen-bond acceptors (Lipinski definition) is 4. The average Bonchev–Trinajstić information content (AvgIpc) is 2.68. The predicted molar refractivity (Wildman–Crippen MR) is 102 cm³/mol. The van der Waals surface area contributed by atoms with Crippen LogP contribution in [0.4, 0.5) is 0 Å². The van der Waals surface area contributed by atoms with Gasteiger partial charge in [0.2, 0.25) is 0 Å².